The van der Waals surface area contributed by atoms with Gasteiger partial charge in [-0.15, -0.1) is 0 Å². The first-order chi connectivity index (χ1) is 10.1. The topological polar surface area (TPSA) is 69.6 Å². The number of nitrogens with one attached hydrogen (secondary N) is 1. The predicted octanol–water partition coefficient (Wildman–Crippen LogP) is 0.355. The van der Waals surface area contributed by atoms with E-state index >= 15 is 0 Å². The van der Waals surface area contributed by atoms with E-state index in [2.05, 4.69) is 12.1 Å². The van der Waals surface area contributed by atoms with E-state index in [-0.39, 0.29) is 11.2 Å². The lowest BCUT2D eigenvalue weighted by Crippen LogP contribution is -3.11. The molecular weight excluding hydrogens is 270 g/mol. The van der Waals surface area contributed by atoms with Gasteiger partial charge < -0.3 is 4.90 Å². The van der Waals surface area contributed by atoms with Gasteiger partial charge in [0.1, 0.15) is 6.54 Å². The summed E-state index contributed by atoms with van der Waals surface area (Å²) in [5.74, 6) is 0. The van der Waals surface area contributed by atoms with Gasteiger partial charge in [0.15, 0.2) is 6.67 Å². The van der Waals surface area contributed by atoms with E-state index in [9.17, 15) is 14.9 Å². The first-order valence-electron chi connectivity index (χ1n) is 6.89. The minimum Gasteiger partial charge on any atom is -0.313 e. The quantitative estimate of drug-likeness (QED) is 0.654. The van der Waals surface area contributed by atoms with E-state index in [1.54, 1.807) is 0 Å². The van der Waals surface area contributed by atoms with E-state index in [0.717, 1.165) is 19.5 Å². The number of nitro groups is 1. The summed E-state index contributed by atoms with van der Waals surface area (Å²) in [6, 6.07) is 10.8. The van der Waals surface area contributed by atoms with Gasteiger partial charge >= 0.3 is 0 Å². The number of hydrogen-bond acceptors (Lipinski definition) is 3. The van der Waals surface area contributed by atoms with Crippen LogP contribution in [0, 0.1) is 10.1 Å². The van der Waals surface area contributed by atoms with Gasteiger partial charge in [-0.3, -0.25) is 19.5 Å². The van der Waals surface area contributed by atoms with Gasteiger partial charge in [-0.1, -0.05) is 24.3 Å². The SMILES string of the molecule is O=c1ccc([N+](=O)[O-])cn1C[NH+]1CCc2ccccc2C1. The zero-order valence-corrected chi connectivity index (χ0v) is 11.5. The number of benzene rings is 1. The Hall–Kier alpha value is -2.47. The van der Waals surface area contributed by atoms with E-state index in [1.807, 2.05) is 12.1 Å². The molecule has 1 aromatic carbocycles. The summed E-state index contributed by atoms with van der Waals surface area (Å²) in [5, 5.41) is 10.8. The van der Waals surface area contributed by atoms with Crippen molar-refractivity contribution in [3.63, 3.8) is 0 Å². The maximum absolute atomic E-state index is 11.8. The van der Waals surface area contributed by atoms with Crippen molar-refractivity contribution in [1.29, 1.82) is 0 Å². The Morgan fingerprint density at radius 1 is 1.19 bits per heavy atom. The second-order valence-corrected chi connectivity index (χ2v) is 5.31. The van der Waals surface area contributed by atoms with Crippen LogP contribution in [0.1, 0.15) is 11.1 Å². The van der Waals surface area contributed by atoms with Gasteiger partial charge in [0.05, 0.1) is 17.7 Å². The minimum atomic E-state index is -0.475. The van der Waals surface area contributed by atoms with Crippen molar-refractivity contribution in [2.75, 3.05) is 6.54 Å². The van der Waals surface area contributed by atoms with Crippen molar-refractivity contribution in [3.05, 3.63) is 74.2 Å². The number of rotatable bonds is 3. The van der Waals surface area contributed by atoms with E-state index in [1.165, 1.54) is 38.9 Å². The van der Waals surface area contributed by atoms with Crippen LogP contribution >= 0.6 is 0 Å². The summed E-state index contributed by atoms with van der Waals surface area (Å²) >= 11 is 0. The second-order valence-electron chi connectivity index (χ2n) is 5.31. The first-order valence-corrected chi connectivity index (χ1v) is 6.89. The molecule has 0 fully saturated rings. The fraction of sp³-hybridized carbons (Fsp3) is 0.267. The Kier molecular flexibility index (Phi) is 3.53. The Morgan fingerprint density at radius 3 is 2.71 bits per heavy atom. The Bertz CT molecular complexity index is 739. The molecule has 1 unspecified atom stereocenters. The highest BCUT2D eigenvalue weighted by molar-refractivity contribution is 5.27. The van der Waals surface area contributed by atoms with Crippen molar-refractivity contribution in [1.82, 2.24) is 4.57 Å². The summed E-state index contributed by atoms with van der Waals surface area (Å²) < 4.78 is 1.43. The molecule has 0 bridgehead atoms. The molecule has 21 heavy (non-hydrogen) atoms. The normalized spacial score (nSPS) is 17.2. The molecule has 0 spiro atoms. The molecular formula is C15H16N3O3+. The van der Waals surface area contributed by atoms with Crippen LogP contribution in [0.5, 0.6) is 0 Å². The summed E-state index contributed by atoms with van der Waals surface area (Å²) in [6.07, 6.45) is 2.30. The Morgan fingerprint density at radius 2 is 1.95 bits per heavy atom. The monoisotopic (exact) mass is 286 g/mol. The number of pyridine rings is 1. The van der Waals surface area contributed by atoms with E-state index < -0.39 is 4.92 Å². The summed E-state index contributed by atoms with van der Waals surface area (Å²) in [5.41, 5.74) is 2.39. The summed E-state index contributed by atoms with van der Waals surface area (Å²) in [7, 11) is 0. The molecule has 1 N–H and O–H groups in total. The van der Waals surface area contributed by atoms with Gasteiger partial charge in [0.25, 0.3) is 11.2 Å². The summed E-state index contributed by atoms with van der Waals surface area (Å²) in [6.45, 7) is 2.21. The van der Waals surface area contributed by atoms with Gasteiger partial charge in [0.2, 0.25) is 0 Å². The van der Waals surface area contributed by atoms with Crippen LogP contribution in [0.15, 0.2) is 47.4 Å². The minimum absolute atomic E-state index is 0.0496. The number of quaternary nitrogens is 1. The standard InChI is InChI=1S/C15H15N3O3/c19-15-6-5-14(18(20)21)10-17(15)11-16-8-7-12-3-1-2-4-13(12)9-16/h1-6,10H,7-9,11H2/p+1. The molecule has 0 aliphatic carbocycles. The largest absolute Gasteiger partial charge is 0.313 e. The van der Waals surface area contributed by atoms with Crippen molar-refractivity contribution in [2.24, 2.45) is 0 Å². The van der Waals surface area contributed by atoms with Crippen LogP contribution in [0.25, 0.3) is 0 Å². The molecule has 1 aliphatic rings. The van der Waals surface area contributed by atoms with Crippen molar-refractivity contribution < 1.29 is 9.82 Å². The molecule has 2 aromatic rings. The van der Waals surface area contributed by atoms with Crippen molar-refractivity contribution >= 4 is 5.69 Å². The molecule has 108 valence electrons. The van der Waals surface area contributed by atoms with Gasteiger partial charge in [0, 0.05) is 24.1 Å². The van der Waals surface area contributed by atoms with Crippen LogP contribution in [0.4, 0.5) is 5.69 Å². The van der Waals surface area contributed by atoms with Gasteiger partial charge in [-0.2, -0.15) is 0 Å². The fourth-order valence-corrected chi connectivity index (χ4v) is 2.77. The third-order valence-corrected chi connectivity index (χ3v) is 3.88. The molecule has 3 rings (SSSR count). The maximum atomic E-state index is 11.8. The fourth-order valence-electron chi connectivity index (χ4n) is 2.77. The molecule has 1 aliphatic heterocycles. The van der Waals surface area contributed by atoms with E-state index in [0.29, 0.717) is 6.67 Å². The molecule has 0 saturated heterocycles. The highest BCUT2D eigenvalue weighted by Gasteiger charge is 2.20. The summed E-state index contributed by atoms with van der Waals surface area (Å²) in [4.78, 5) is 23.4. The molecule has 0 amide bonds. The first kappa shape index (κ1) is 13.5. The highest BCUT2D eigenvalue weighted by Crippen LogP contribution is 2.10. The lowest BCUT2D eigenvalue weighted by atomic mass is 10.0. The van der Waals surface area contributed by atoms with Crippen LogP contribution < -0.4 is 10.5 Å². The zero-order chi connectivity index (χ0) is 14.8. The smallest absolute Gasteiger partial charge is 0.285 e. The number of hydrogen-bond donors (Lipinski definition) is 1. The van der Waals surface area contributed by atoms with Crippen molar-refractivity contribution in [2.45, 2.75) is 19.6 Å². The molecule has 2 heterocycles. The molecule has 0 radical (unpaired) electrons. The number of aromatic nitrogens is 1. The lowest BCUT2D eigenvalue weighted by molar-refractivity contribution is -0.938. The van der Waals surface area contributed by atoms with Crippen LogP contribution in [0.2, 0.25) is 0 Å². The average Bonchev–Trinajstić information content (AvgIpc) is 2.49. The highest BCUT2D eigenvalue weighted by atomic mass is 16.6. The maximum Gasteiger partial charge on any atom is 0.285 e. The van der Waals surface area contributed by atoms with Crippen molar-refractivity contribution in [3.8, 4) is 0 Å². The Labute approximate surface area is 121 Å². The third kappa shape index (κ3) is 2.85. The predicted molar refractivity (Wildman–Crippen MR) is 77.0 cm³/mol. The number of fused-ring (bicyclic) bond motifs is 1. The van der Waals surface area contributed by atoms with E-state index in [4.69, 9.17) is 0 Å². The van der Waals surface area contributed by atoms with Crippen LogP contribution in [-0.4, -0.2) is 16.0 Å². The van der Waals surface area contributed by atoms with Gasteiger partial charge in [-0.05, 0) is 5.56 Å². The molecule has 6 heteroatoms. The lowest BCUT2D eigenvalue weighted by Gasteiger charge is -2.26. The average molecular weight is 286 g/mol. The Balaban J connectivity index is 1.81. The molecule has 1 aromatic heterocycles. The van der Waals surface area contributed by atoms with Crippen LogP contribution in [-0.2, 0) is 19.6 Å². The molecule has 1 atom stereocenters. The molecule has 6 nitrogen and oxygen atoms in total. The molecule has 0 saturated carbocycles. The van der Waals surface area contributed by atoms with Gasteiger partial charge in [-0.25, -0.2) is 0 Å². The third-order valence-electron chi connectivity index (χ3n) is 3.88. The zero-order valence-electron chi connectivity index (χ0n) is 11.5. The van der Waals surface area contributed by atoms with Crippen LogP contribution in [0.3, 0.4) is 0 Å². The second kappa shape index (κ2) is 5.49. The number of nitrogens with zero attached hydrogens (tertiary/aromatic N) is 2.